The van der Waals surface area contributed by atoms with Crippen LogP contribution in [0.2, 0.25) is 0 Å². The Morgan fingerprint density at radius 3 is 2.94 bits per heavy atom. The molecule has 1 aliphatic rings. The third-order valence-corrected chi connectivity index (χ3v) is 5.86. The third-order valence-electron chi connectivity index (χ3n) is 5.86. The van der Waals surface area contributed by atoms with Crippen molar-refractivity contribution < 1.29 is 19.7 Å². The Morgan fingerprint density at radius 2 is 2.18 bits per heavy atom. The average Bonchev–Trinajstić information content (AvgIpc) is 2.87. The summed E-state index contributed by atoms with van der Waals surface area (Å²) >= 11 is 0. The number of rotatable bonds is 6. The van der Waals surface area contributed by atoms with Crippen LogP contribution in [0.3, 0.4) is 0 Å². The van der Waals surface area contributed by atoms with E-state index < -0.39 is 6.09 Å². The summed E-state index contributed by atoms with van der Waals surface area (Å²) in [6.07, 6.45) is 3.07. The zero-order chi connectivity index (χ0) is 24.1. The fourth-order valence-corrected chi connectivity index (χ4v) is 4.26. The molecular weight excluding hydrogens is 438 g/mol. The van der Waals surface area contributed by atoms with Gasteiger partial charge in [0, 0.05) is 49.6 Å². The zero-order valence-electron chi connectivity index (χ0n) is 18.7. The highest BCUT2D eigenvalue weighted by atomic mass is 17.2. The normalized spacial score (nSPS) is 15.9. The number of amides is 1. The van der Waals surface area contributed by atoms with Gasteiger partial charge in [0.1, 0.15) is 11.9 Å². The largest absolute Gasteiger partial charge is 0.441 e. The first-order valence-corrected chi connectivity index (χ1v) is 11.0. The molecule has 1 saturated heterocycles. The second-order valence-electron chi connectivity index (χ2n) is 7.85. The van der Waals surface area contributed by atoms with Crippen LogP contribution < -0.4 is 10.5 Å². The van der Waals surface area contributed by atoms with E-state index in [1.54, 1.807) is 25.4 Å². The SMILES string of the molecule is CCOOC(=O)N1CCN(c2[nH]c(=O)c(-c3cccc4cnccc34)cc2C#N)CC1CCO. The van der Waals surface area contributed by atoms with Gasteiger partial charge < -0.3 is 15.0 Å². The fraction of sp³-hybridized carbons (Fsp3) is 0.333. The van der Waals surface area contributed by atoms with Crippen molar-refractivity contribution in [1.82, 2.24) is 14.9 Å². The van der Waals surface area contributed by atoms with Crippen LogP contribution in [-0.2, 0) is 9.78 Å². The van der Waals surface area contributed by atoms with Gasteiger partial charge in [-0.3, -0.25) is 19.6 Å². The average molecular weight is 463 g/mol. The Kier molecular flexibility index (Phi) is 7.06. The monoisotopic (exact) mass is 463 g/mol. The van der Waals surface area contributed by atoms with E-state index in [1.807, 2.05) is 29.2 Å². The van der Waals surface area contributed by atoms with Crippen LogP contribution in [-0.4, -0.2) is 65.0 Å². The number of hydrogen-bond donors (Lipinski definition) is 2. The molecule has 4 rings (SSSR count). The molecule has 0 bridgehead atoms. The molecule has 10 nitrogen and oxygen atoms in total. The van der Waals surface area contributed by atoms with Crippen molar-refractivity contribution in [3.63, 3.8) is 0 Å². The first-order valence-electron chi connectivity index (χ1n) is 11.0. The maximum atomic E-state index is 13.1. The molecule has 1 aliphatic heterocycles. The molecule has 0 aliphatic carbocycles. The maximum Gasteiger partial charge on any atom is 0.441 e. The number of carbonyl (C=O) groups excluding carboxylic acids is 1. The lowest BCUT2D eigenvalue weighted by atomic mass is 9.99. The molecule has 3 heterocycles. The lowest BCUT2D eigenvalue weighted by molar-refractivity contribution is -0.243. The van der Waals surface area contributed by atoms with Gasteiger partial charge in [0.25, 0.3) is 5.56 Å². The van der Waals surface area contributed by atoms with Gasteiger partial charge in [-0.05, 0) is 36.4 Å². The Bertz CT molecular complexity index is 1280. The van der Waals surface area contributed by atoms with Gasteiger partial charge in [-0.2, -0.15) is 10.1 Å². The van der Waals surface area contributed by atoms with Crippen molar-refractivity contribution in [3.05, 3.63) is 58.6 Å². The van der Waals surface area contributed by atoms with Crippen LogP contribution in [0.4, 0.5) is 10.6 Å². The van der Waals surface area contributed by atoms with Gasteiger partial charge in [0.05, 0.1) is 18.2 Å². The molecule has 1 atom stereocenters. The molecule has 0 saturated carbocycles. The Morgan fingerprint density at radius 1 is 1.32 bits per heavy atom. The number of nitrogens with zero attached hydrogens (tertiary/aromatic N) is 4. The molecule has 176 valence electrons. The fourth-order valence-electron chi connectivity index (χ4n) is 4.26. The Labute approximate surface area is 195 Å². The third kappa shape index (κ3) is 4.57. The van der Waals surface area contributed by atoms with Crippen LogP contribution in [0.15, 0.2) is 47.5 Å². The number of fused-ring (bicyclic) bond motifs is 1. The van der Waals surface area contributed by atoms with Gasteiger partial charge in [0.2, 0.25) is 0 Å². The summed E-state index contributed by atoms with van der Waals surface area (Å²) < 4.78 is 0. The number of nitrogens with one attached hydrogen (secondary N) is 1. The highest BCUT2D eigenvalue weighted by molar-refractivity contribution is 5.96. The molecule has 10 heteroatoms. The lowest BCUT2D eigenvalue weighted by Crippen LogP contribution is -2.56. The summed E-state index contributed by atoms with van der Waals surface area (Å²) in [6, 6.07) is 10.8. The van der Waals surface area contributed by atoms with E-state index in [1.165, 1.54) is 4.90 Å². The van der Waals surface area contributed by atoms with Crippen molar-refractivity contribution in [3.8, 4) is 17.2 Å². The van der Waals surface area contributed by atoms with Crippen molar-refractivity contribution in [1.29, 1.82) is 5.26 Å². The molecule has 1 aromatic carbocycles. The number of benzene rings is 1. The molecule has 0 radical (unpaired) electrons. The van der Waals surface area contributed by atoms with E-state index in [0.29, 0.717) is 42.0 Å². The number of anilines is 1. The lowest BCUT2D eigenvalue weighted by Gasteiger charge is -2.41. The first-order chi connectivity index (χ1) is 16.6. The summed E-state index contributed by atoms with van der Waals surface area (Å²) in [4.78, 5) is 45.4. The minimum Gasteiger partial charge on any atom is -0.396 e. The second kappa shape index (κ2) is 10.3. The van der Waals surface area contributed by atoms with E-state index in [-0.39, 0.29) is 31.4 Å². The van der Waals surface area contributed by atoms with Crippen molar-refractivity contribution in [2.45, 2.75) is 19.4 Å². The van der Waals surface area contributed by atoms with Gasteiger partial charge in [-0.25, -0.2) is 4.79 Å². The summed E-state index contributed by atoms with van der Waals surface area (Å²) in [5.41, 5.74) is 1.10. The molecule has 1 fully saturated rings. The van der Waals surface area contributed by atoms with Gasteiger partial charge >= 0.3 is 6.09 Å². The van der Waals surface area contributed by atoms with E-state index in [9.17, 15) is 20.0 Å². The summed E-state index contributed by atoms with van der Waals surface area (Å²) in [5, 5.41) is 21.1. The van der Waals surface area contributed by atoms with E-state index in [4.69, 9.17) is 9.78 Å². The molecule has 1 amide bonds. The van der Waals surface area contributed by atoms with Crippen LogP contribution in [0, 0.1) is 11.3 Å². The highest BCUT2D eigenvalue weighted by Gasteiger charge is 2.33. The Hall–Kier alpha value is -3.94. The number of pyridine rings is 2. The molecular formula is C24H25N5O5. The molecule has 3 aromatic rings. The number of aromatic nitrogens is 2. The predicted molar refractivity (Wildman–Crippen MR) is 125 cm³/mol. The maximum absolute atomic E-state index is 13.1. The van der Waals surface area contributed by atoms with Crippen LogP contribution in [0.5, 0.6) is 0 Å². The van der Waals surface area contributed by atoms with Crippen molar-refractivity contribution in [2.24, 2.45) is 0 Å². The molecule has 2 N–H and O–H groups in total. The number of H-pyrrole nitrogens is 1. The number of aromatic amines is 1. The van der Waals surface area contributed by atoms with Crippen molar-refractivity contribution in [2.75, 3.05) is 37.7 Å². The van der Waals surface area contributed by atoms with E-state index in [2.05, 4.69) is 16.0 Å². The van der Waals surface area contributed by atoms with Crippen LogP contribution in [0.1, 0.15) is 18.9 Å². The number of hydrogen-bond acceptors (Lipinski definition) is 8. The smallest absolute Gasteiger partial charge is 0.396 e. The number of aliphatic hydroxyl groups is 1. The quantitative estimate of drug-likeness (QED) is 0.421. The molecule has 1 unspecified atom stereocenters. The van der Waals surface area contributed by atoms with Gasteiger partial charge in [-0.15, -0.1) is 0 Å². The number of aliphatic hydroxyl groups excluding tert-OH is 1. The second-order valence-corrected chi connectivity index (χ2v) is 7.85. The molecule has 34 heavy (non-hydrogen) atoms. The Balaban J connectivity index is 1.67. The van der Waals surface area contributed by atoms with Crippen LogP contribution >= 0.6 is 0 Å². The number of piperazine rings is 1. The minimum atomic E-state index is -0.630. The van der Waals surface area contributed by atoms with E-state index in [0.717, 1.165) is 10.8 Å². The first kappa shape index (κ1) is 23.2. The summed E-state index contributed by atoms with van der Waals surface area (Å²) in [5.74, 6) is 0.388. The van der Waals surface area contributed by atoms with Crippen molar-refractivity contribution >= 4 is 22.7 Å². The topological polar surface area (TPSA) is 132 Å². The summed E-state index contributed by atoms with van der Waals surface area (Å²) in [7, 11) is 0. The molecule has 2 aromatic heterocycles. The van der Waals surface area contributed by atoms with Gasteiger partial charge in [-0.1, -0.05) is 18.2 Å². The number of nitriles is 1. The van der Waals surface area contributed by atoms with E-state index >= 15 is 0 Å². The van der Waals surface area contributed by atoms with Gasteiger partial charge in [0.15, 0.2) is 0 Å². The summed E-state index contributed by atoms with van der Waals surface area (Å²) in [6.45, 7) is 2.76. The number of carbonyl (C=O) groups is 1. The standard InChI is InChI=1S/C24H25N5O5/c1-2-33-34-24(32)29-10-9-28(15-18(29)7-11-30)22-17(13-25)12-21(23(31)27-22)20-5-3-4-16-14-26-8-6-19(16)20/h3-6,8,12,14,18,30H,2,7,9-11,15H2,1H3,(H,27,31). The predicted octanol–water partition coefficient (Wildman–Crippen LogP) is 2.42. The highest BCUT2D eigenvalue weighted by Crippen LogP contribution is 2.29. The van der Waals surface area contributed by atoms with Crippen LogP contribution in [0.25, 0.3) is 21.9 Å². The minimum absolute atomic E-state index is 0.132. The molecule has 0 spiro atoms. The zero-order valence-corrected chi connectivity index (χ0v) is 18.7.